The summed E-state index contributed by atoms with van der Waals surface area (Å²) in [5, 5.41) is 2.28. The number of benzene rings is 1. The van der Waals surface area contributed by atoms with E-state index in [0.717, 1.165) is 19.2 Å². The molecule has 0 atom stereocenters. The Labute approximate surface area is 98.1 Å². The Kier molecular flexibility index (Phi) is 2.74. The van der Waals surface area contributed by atoms with Gasteiger partial charge in [0.15, 0.2) is 0 Å². The van der Waals surface area contributed by atoms with Crippen LogP contribution < -0.4 is 0 Å². The zero-order valence-electron chi connectivity index (χ0n) is 7.35. The minimum Gasteiger partial charge on any atom is -0.205 e. The van der Waals surface area contributed by atoms with Gasteiger partial charge in [-0.1, -0.05) is 6.07 Å². The van der Waals surface area contributed by atoms with Crippen LogP contribution >= 0.6 is 33.9 Å². The van der Waals surface area contributed by atoms with E-state index in [-0.39, 0.29) is 5.56 Å². The van der Waals surface area contributed by atoms with E-state index in [1.54, 1.807) is 5.38 Å². The van der Waals surface area contributed by atoms with Gasteiger partial charge in [0.05, 0.1) is 0 Å². The van der Waals surface area contributed by atoms with Gasteiger partial charge in [-0.25, -0.2) is 8.78 Å². The van der Waals surface area contributed by atoms with E-state index in [0.29, 0.717) is 0 Å². The highest BCUT2D eigenvalue weighted by atomic mass is 127. The molecule has 1 aromatic carbocycles. The van der Waals surface area contributed by atoms with Gasteiger partial charge < -0.3 is 0 Å². The average molecular weight is 324 g/mol. The van der Waals surface area contributed by atoms with Crippen molar-refractivity contribution in [1.29, 1.82) is 0 Å². The summed E-state index contributed by atoms with van der Waals surface area (Å²) in [7, 11) is 0. The number of fused-ring (bicyclic) bond motifs is 1. The number of halogens is 3. The van der Waals surface area contributed by atoms with E-state index in [2.05, 4.69) is 22.6 Å². The first-order chi connectivity index (χ1) is 6.61. The van der Waals surface area contributed by atoms with Gasteiger partial charge >= 0.3 is 0 Å². The Morgan fingerprint density at radius 2 is 2.07 bits per heavy atom. The molecule has 0 radical (unpaired) electrons. The summed E-state index contributed by atoms with van der Waals surface area (Å²) < 4.78 is 27.2. The summed E-state index contributed by atoms with van der Waals surface area (Å²) in [6.07, 6.45) is -2.38. The van der Waals surface area contributed by atoms with Crippen molar-refractivity contribution in [1.82, 2.24) is 0 Å². The lowest BCUT2D eigenvalue weighted by atomic mass is 10.1. The fourth-order valence-corrected chi connectivity index (χ4v) is 3.30. The highest BCUT2D eigenvalue weighted by molar-refractivity contribution is 14.1. The Morgan fingerprint density at radius 1 is 1.36 bits per heavy atom. The Balaban J connectivity index is 2.82. The van der Waals surface area contributed by atoms with Gasteiger partial charge in [-0.05, 0) is 41.1 Å². The molecule has 0 aliphatic rings. The predicted octanol–water partition coefficient (Wildman–Crippen LogP) is 4.75. The van der Waals surface area contributed by atoms with Crippen molar-refractivity contribution in [3.05, 3.63) is 32.2 Å². The molecule has 0 spiro atoms. The Hall–Kier alpha value is -0.230. The molecule has 0 bridgehead atoms. The van der Waals surface area contributed by atoms with Gasteiger partial charge in [0.1, 0.15) is 0 Å². The maximum absolute atomic E-state index is 12.6. The number of hydrogen-bond acceptors (Lipinski definition) is 1. The fraction of sp³-hybridized carbons (Fsp3) is 0.200. The van der Waals surface area contributed by atoms with Crippen molar-refractivity contribution in [2.24, 2.45) is 0 Å². The number of rotatable bonds is 1. The molecular weight excluding hydrogens is 317 g/mol. The fourth-order valence-electron chi connectivity index (χ4n) is 1.38. The molecule has 4 heteroatoms. The van der Waals surface area contributed by atoms with Crippen LogP contribution in [0.25, 0.3) is 10.1 Å². The summed E-state index contributed by atoms with van der Waals surface area (Å²) in [5.41, 5.74) is 1.22. The third-order valence-electron chi connectivity index (χ3n) is 2.13. The van der Waals surface area contributed by atoms with Crippen molar-refractivity contribution in [2.75, 3.05) is 0 Å². The van der Waals surface area contributed by atoms with E-state index >= 15 is 0 Å². The van der Waals surface area contributed by atoms with Crippen LogP contribution in [0.2, 0.25) is 0 Å². The number of hydrogen-bond donors (Lipinski definition) is 0. The van der Waals surface area contributed by atoms with Gasteiger partial charge in [0.25, 0.3) is 6.43 Å². The summed E-state index contributed by atoms with van der Waals surface area (Å²) >= 11 is 3.51. The number of alkyl halides is 2. The zero-order valence-corrected chi connectivity index (χ0v) is 10.3. The van der Waals surface area contributed by atoms with Crippen LogP contribution in [-0.4, -0.2) is 0 Å². The maximum atomic E-state index is 12.6. The SMILES string of the molecule is Cc1ccc2scc(C(F)F)c2c1I. The smallest absolute Gasteiger partial charge is 0.205 e. The van der Waals surface area contributed by atoms with Crippen molar-refractivity contribution in [2.45, 2.75) is 13.3 Å². The minimum atomic E-state index is -2.38. The van der Waals surface area contributed by atoms with Crippen LogP contribution in [0.15, 0.2) is 17.5 Å². The summed E-state index contributed by atoms with van der Waals surface area (Å²) in [4.78, 5) is 0. The molecule has 0 fully saturated rings. The molecule has 2 aromatic rings. The quantitative estimate of drug-likeness (QED) is 0.664. The molecule has 0 saturated heterocycles. The van der Waals surface area contributed by atoms with Crippen LogP contribution in [0.5, 0.6) is 0 Å². The van der Waals surface area contributed by atoms with E-state index in [9.17, 15) is 8.78 Å². The molecule has 14 heavy (non-hydrogen) atoms. The molecular formula is C10H7F2IS. The van der Waals surface area contributed by atoms with Crippen molar-refractivity contribution in [3.8, 4) is 0 Å². The van der Waals surface area contributed by atoms with Crippen LogP contribution in [-0.2, 0) is 0 Å². The lowest BCUT2D eigenvalue weighted by Crippen LogP contribution is -1.86. The third kappa shape index (κ3) is 1.54. The largest absolute Gasteiger partial charge is 0.265 e. The van der Waals surface area contributed by atoms with Gasteiger partial charge in [-0.3, -0.25) is 0 Å². The molecule has 0 aliphatic heterocycles. The second-order valence-corrected chi connectivity index (χ2v) is 5.05. The average Bonchev–Trinajstić information content (AvgIpc) is 2.55. The summed E-state index contributed by atoms with van der Waals surface area (Å²) in [6, 6.07) is 3.87. The topological polar surface area (TPSA) is 0 Å². The Bertz CT molecular complexity index is 476. The van der Waals surface area contributed by atoms with Gasteiger partial charge in [0.2, 0.25) is 0 Å². The van der Waals surface area contributed by atoms with Gasteiger partial charge in [-0.2, -0.15) is 0 Å². The minimum absolute atomic E-state index is 0.165. The number of thiophene rings is 1. The van der Waals surface area contributed by atoms with E-state index in [4.69, 9.17) is 0 Å². The van der Waals surface area contributed by atoms with Crippen LogP contribution in [0.4, 0.5) is 8.78 Å². The number of aryl methyl sites for hydroxylation is 1. The molecule has 0 unspecified atom stereocenters. The van der Waals surface area contributed by atoms with Crippen LogP contribution in [0, 0.1) is 10.5 Å². The second-order valence-electron chi connectivity index (χ2n) is 3.06. The lowest BCUT2D eigenvalue weighted by molar-refractivity contribution is 0.153. The van der Waals surface area contributed by atoms with Gasteiger partial charge in [-0.15, -0.1) is 11.3 Å². The highest BCUT2D eigenvalue weighted by Gasteiger charge is 2.16. The monoisotopic (exact) mass is 324 g/mol. The highest BCUT2D eigenvalue weighted by Crippen LogP contribution is 2.36. The van der Waals surface area contributed by atoms with Crippen molar-refractivity contribution in [3.63, 3.8) is 0 Å². The molecule has 0 amide bonds. The molecule has 0 saturated carbocycles. The third-order valence-corrected chi connectivity index (χ3v) is 4.49. The molecule has 1 heterocycles. The van der Waals surface area contributed by atoms with Crippen LogP contribution in [0.1, 0.15) is 17.6 Å². The molecule has 74 valence electrons. The first-order valence-corrected chi connectivity index (χ1v) is 6.01. The molecule has 0 aliphatic carbocycles. The second kappa shape index (κ2) is 3.73. The Morgan fingerprint density at radius 3 is 2.71 bits per heavy atom. The van der Waals surface area contributed by atoms with Crippen molar-refractivity contribution < 1.29 is 8.78 Å². The molecule has 2 rings (SSSR count). The standard InChI is InChI=1S/C10H7F2IS/c1-5-2-3-7-8(9(5)13)6(4-14-7)10(11)12/h2-4,10H,1H3. The first-order valence-electron chi connectivity index (χ1n) is 4.05. The maximum Gasteiger partial charge on any atom is 0.265 e. The zero-order chi connectivity index (χ0) is 10.3. The van der Waals surface area contributed by atoms with Crippen molar-refractivity contribution >= 4 is 44.0 Å². The summed E-state index contributed by atoms with van der Waals surface area (Å²) in [6.45, 7) is 1.94. The van der Waals surface area contributed by atoms with Gasteiger partial charge in [0, 0.05) is 24.6 Å². The summed E-state index contributed by atoms with van der Waals surface area (Å²) in [5.74, 6) is 0. The predicted molar refractivity (Wildman–Crippen MR) is 64.2 cm³/mol. The molecule has 0 nitrogen and oxygen atoms in total. The van der Waals surface area contributed by atoms with E-state index in [1.165, 1.54) is 11.3 Å². The van der Waals surface area contributed by atoms with E-state index in [1.807, 2.05) is 19.1 Å². The molecule has 0 N–H and O–H groups in total. The lowest BCUT2D eigenvalue weighted by Gasteiger charge is -2.02. The normalized spacial score (nSPS) is 11.5. The first kappa shape index (κ1) is 10.3. The molecule has 1 aromatic heterocycles. The van der Waals surface area contributed by atoms with Crippen LogP contribution in [0.3, 0.4) is 0 Å². The van der Waals surface area contributed by atoms with E-state index < -0.39 is 6.43 Å².